The molecule has 98 valence electrons. The third kappa shape index (κ3) is 3.90. The van der Waals surface area contributed by atoms with Gasteiger partial charge in [0, 0.05) is 0 Å². The lowest BCUT2D eigenvalue weighted by Gasteiger charge is -2.15. The highest BCUT2D eigenvalue weighted by molar-refractivity contribution is 9.11. The van der Waals surface area contributed by atoms with Crippen LogP contribution in [0.1, 0.15) is 0 Å². The quantitative estimate of drug-likeness (QED) is 0.825. The average molecular weight is 356 g/mol. The molecule has 0 radical (unpaired) electrons. The fourth-order valence-electron chi connectivity index (χ4n) is 0.782. The number of alkyl halides is 4. The van der Waals surface area contributed by atoms with E-state index in [0.717, 1.165) is 11.3 Å². The van der Waals surface area contributed by atoms with Crippen molar-refractivity contribution in [1.29, 1.82) is 0 Å². The highest BCUT2D eigenvalue weighted by atomic mass is 79.9. The summed E-state index contributed by atoms with van der Waals surface area (Å²) in [6.45, 7) is -1.64. The van der Waals surface area contributed by atoms with Crippen LogP contribution in [0.25, 0.3) is 0 Å². The van der Waals surface area contributed by atoms with Gasteiger partial charge in [-0.05, 0) is 28.1 Å². The largest absolute Gasteiger partial charge is 0.320 e. The van der Waals surface area contributed by atoms with Gasteiger partial charge in [-0.3, -0.25) is 0 Å². The van der Waals surface area contributed by atoms with Crippen LogP contribution in [0, 0.1) is 0 Å². The maximum absolute atomic E-state index is 12.5. The first-order chi connectivity index (χ1) is 7.65. The maximum atomic E-state index is 12.5. The topological polar surface area (TPSA) is 46.2 Å². The lowest BCUT2D eigenvalue weighted by atomic mass is 10.4. The number of nitrogens with one attached hydrogen (secondary N) is 1. The molecule has 0 aliphatic rings. The first-order valence-electron chi connectivity index (χ1n) is 4.06. The summed E-state index contributed by atoms with van der Waals surface area (Å²) in [5, 5.41) is 0. The summed E-state index contributed by atoms with van der Waals surface area (Å²) in [6.07, 6.45) is -3.92. The standard InChI is InChI=1S/C7H6BrF4NO2S2/c8-4-1-2-5(16-4)17(14,15)13-3-7(11,12)6(9)10/h1-2,6,13H,3H2. The monoisotopic (exact) mass is 355 g/mol. The van der Waals surface area contributed by atoms with Crippen LogP contribution in [0.3, 0.4) is 0 Å². The van der Waals surface area contributed by atoms with Crippen molar-refractivity contribution < 1.29 is 26.0 Å². The van der Waals surface area contributed by atoms with Crippen molar-refractivity contribution in [3.8, 4) is 0 Å². The van der Waals surface area contributed by atoms with Gasteiger partial charge in [0.1, 0.15) is 4.21 Å². The van der Waals surface area contributed by atoms with Crippen LogP contribution in [-0.4, -0.2) is 27.3 Å². The lowest BCUT2D eigenvalue weighted by Crippen LogP contribution is -2.41. The van der Waals surface area contributed by atoms with Gasteiger partial charge in [-0.25, -0.2) is 21.9 Å². The molecular weight excluding hydrogens is 350 g/mol. The summed E-state index contributed by atoms with van der Waals surface area (Å²) < 4.78 is 73.2. The summed E-state index contributed by atoms with van der Waals surface area (Å²) in [7, 11) is -4.18. The van der Waals surface area contributed by atoms with E-state index in [0.29, 0.717) is 3.79 Å². The van der Waals surface area contributed by atoms with E-state index in [2.05, 4.69) is 15.9 Å². The van der Waals surface area contributed by atoms with Crippen molar-refractivity contribution in [3.05, 3.63) is 15.9 Å². The molecule has 10 heteroatoms. The lowest BCUT2D eigenvalue weighted by molar-refractivity contribution is -0.122. The molecule has 0 bridgehead atoms. The second-order valence-corrected chi connectivity index (χ2v) is 7.40. The van der Waals surface area contributed by atoms with Crippen LogP contribution in [-0.2, 0) is 10.0 Å². The van der Waals surface area contributed by atoms with Gasteiger partial charge in [0.2, 0.25) is 10.0 Å². The minimum atomic E-state index is -4.39. The van der Waals surface area contributed by atoms with Crippen LogP contribution in [0.2, 0.25) is 0 Å². The predicted molar refractivity (Wildman–Crippen MR) is 58.2 cm³/mol. The van der Waals surface area contributed by atoms with Crippen LogP contribution in [0.4, 0.5) is 17.6 Å². The van der Waals surface area contributed by atoms with E-state index in [1.165, 1.54) is 16.9 Å². The summed E-state index contributed by atoms with van der Waals surface area (Å²) in [4.78, 5) is 0. The second-order valence-electron chi connectivity index (χ2n) is 2.94. The maximum Gasteiger partial charge on any atom is 0.320 e. The van der Waals surface area contributed by atoms with Gasteiger partial charge < -0.3 is 0 Å². The zero-order valence-corrected chi connectivity index (χ0v) is 11.2. The molecule has 0 saturated heterocycles. The molecular formula is C7H6BrF4NO2S2. The molecule has 3 nitrogen and oxygen atoms in total. The molecule has 0 unspecified atom stereocenters. The third-order valence-corrected chi connectivity index (χ3v) is 5.15. The Labute approximate surface area is 107 Å². The molecule has 1 rings (SSSR count). The molecule has 17 heavy (non-hydrogen) atoms. The Morgan fingerprint density at radius 1 is 1.41 bits per heavy atom. The van der Waals surface area contributed by atoms with E-state index < -0.39 is 28.9 Å². The van der Waals surface area contributed by atoms with Gasteiger partial charge in [0.25, 0.3) is 0 Å². The third-order valence-electron chi connectivity index (χ3n) is 1.63. The van der Waals surface area contributed by atoms with Crippen molar-refractivity contribution in [2.24, 2.45) is 0 Å². The zero-order chi connectivity index (χ0) is 13.3. The summed E-state index contributed by atoms with van der Waals surface area (Å²) in [5.74, 6) is -4.39. The Hall–Kier alpha value is -0.190. The Kier molecular flexibility index (Phi) is 4.55. The van der Waals surface area contributed by atoms with Crippen molar-refractivity contribution in [3.63, 3.8) is 0 Å². The van der Waals surface area contributed by atoms with Crippen molar-refractivity contribution in [2.45, 2.75) is 16.6 Å². The SMILES string of the molecule is O=S(=O)(NCC(F)(F)C(F)F)c1ccc(Br)s1. The molecule has 0 atom stereocenters. The molecule has 1 heterocycles. The molecule has 0 spiro atoms. The molecule has 0 aromatic carbocycles. The Bertz CT molecular complexity index is 488. The molecule has 0 aliphatic heterocycles. The fraction of sp³-hybridized carbons (Fsp3) is 0.429. The minimum Gasteiger partial charge on any atom is -0.206 e. The number of hydrogen-bond donors (Lipinski definition) is 1. The van der Waals surface area contributed by atoms with Gasteiger partial charge in [0.05, 0.1) is 10.3 Å². The normalized spacial score (nSPS) is 13.3. The molecule has 0 amide bonds. The van der Waals surface area contributed by atoms with Gasteiger partial charge in [-0.1, -0.05) is 0 Å². The highest BCUT2D eigenvalue weighted by Gasteiger charge is 2.41. The van der Waals surface area contributed by atoms with E-state index in [1.54, 1.807) is 0 Å². The van der Waals surface area contributed by atoms with E-state index in [-0.39, 0.29) is 4.21 Å². The van der Waals surface area contributed by atoms with Crippen LogP contribution < -0.4 is 4.72 Å². The average Bonchev–Trinajstić information content (AvgIpc) is 2.63. The Morgan fingerprint density at radius 3 is 2.41 bits per heavy atom. The van der Waals surface area contributed by atoms with Crippen molar-refractivity contribution in [1.82, 2.24) is 4.72 Å². The van der Waals surface area contributed by atoms with E-state index in [4.69, 9.17) is 0 Å². The van der Waals surface area contributed by atoms with Gasteiger partial charge in [0.15, 0.2) is 0 Å². The Morgan fingerprint density at radius 2 is 2.00 bits per heavy atom. The number of sulfonamides is 1. The summed E-state index contributed by atoms with van der Waals surface area (Å²) in [5.41, 5.74) is 0. The van der Waals surface area contributed by atoms with Crippen molar-refractivity contribution >= 4 is 37.3 Å². The first-order valence-corrected chi connectivity index (χ1v) is 7.15. The highest BCUT2D eigenvalue weighted by Crippen LogP contribution is 2.27. The minimum absolute atomic E-state index is 0.227. The molecule has 0 fully saturated rings. The predicted octanol–water partition coefficient (Wildman–Crippen LogP) is 2.69. The number of thiophene rings is 1. The zero-order valence-electron chi connectivity index (χ0n) is 7.96. The van der Waals surface area contributed by atoms with Crippen molar-refractivity contribution in [2.75, 3.05) is 6.54 Å². The fourth-order valence-corrected chi connectivity index (χ4v) is 3.88. The first kappa shape index (κ1) is 14.9. The molecule has 0 saturated carbocycles. The molecule has 1 aromatic rings. The Balaban J connectivity index is 2.76. The smallest absolute Gasteiger partial charge is 0.206 e. The molecule has 0 aliphatic carbocycles. The van der Waals surface area contributed by atoms with E-state index in [9.17, 15) is 26.0 Å². The summed E-state index contributed by atoms with van der Waals surface area (Å²) in [6, 6.07) is 2.59. The summed E-state index contributed by atoms with van der Waals surface area (Å²) >= 11 is 3.78. The van der Waals surface area contributed by atoms with Gasteiger partial charge >= 0.3 is 12.3 Å². The number of rotatable bonds is 5. The molecule has 1 N–H and O–H groups in total. The van der Waals surface area contributed by atoms with Crippen LogP contribution in [0.15, 0.2) is 20.1 Å². The van der Waals surface area contributed by atoms with E-state index >= 15 is 0 Å². The number of halogens is 5. The molecule has 1 aromatic heterocycles. The van der Waals surface area contributed by atoms with Gasteiger partial charge in [-0.15, -0.1) is 11.3 Å². The van der Waals surface area contributed by atoms with Gasteiger partial charge in [-0.2, -0.15) is 8.78 Å². The van der Waals surface area contributed by atoms with Crippen LogP contribution in [0.5, 0.6) is 0 Å². The van der Waals surface area contributed by atoms with E-state index in [1.807, 2.05) is 0 Å². The number of hydrogen-bond acceptors (Lipinski definition) is 3. The second kappa shape index (κ2) is 5.21. The van der Waals surface area contributed by atoms with Crippen LogP contribution >= 0.6 is 27.3 Å².